The second-order valence-corrected chi connectivity index (χ2v) is 7.77. The molecular formula is C12H14ClF3O2S. The Bertz CT molecular complexity index is 572. The third kappa shape index (κ3) is 3.86. The summed E-state index contributed by atoms with van der Waals surface area (Å²) in [6.07, 6.45) is 0.449. The molecule has 0 spiro atoms. The van der Waals surface area contributed by atoms with Crippen LogP contribution in [0.25, 0.3) is 0 Å². The molecule has 1 aromatic carbocycles. The molecule has 7 heteroatoms. The molecule has 0 bridgehead atoms. The first-order valence-corrected chi connectivity index (χ1v) is 7.30. The minimum Gasteiger partial charge on any atom is -0.214 e. The lowest BCUT2D eigenvalue weighted by Crippen LogP contribution is -2.24. The summed E-state index contributed by atoms with van der Waals surface area (Å²) in [7, 11) is -5.42. The van der Waals surface area contributed by atoms with Gasteiger partial charge >= 0.3 is 5.51 Å². The maximum absolute atomic E-state index is 12.5. The van der Waals surface area contributed by atoms with E-state index in [-0.39, 0.29) is 5.41 Å². The van der Waals surface area contributed by atoms with Gasteiger partial charge in [0.15, 0.2) is 0 Å². The van der Waals surface area contributed by atoms with E-state index < -0.39 is 25.3 Å². The first-order chi connectivity index (χ1) is 8.34. The van der Waals surface area contributed by atoms with Gasteiger partial charge in [0.05, 0.1) is 9.92 Å². The monoisotopic (exact) mass is 314 g/mol. The number of benzene rings is 1. The largest absolute Gasteiger partial charge is 0.501 e. The summed E-state index contributed by atoms with van der Waals surface area (Å²) in [6.45, 7) is 5.71. The summed E-state index contributed by atoms with van der Waals surface area (Å²) >= 11 is 5.58. The molecule has 108 valence electrons. The summed E-state index contributed by atoms with van der Waals surface area (Å²) in [5.41, 5.74) is -5.02. The number of sulfone groups is 1. The topological polar surface area (TPSA) is 34.1 Å². The fourth-order valence-electron chi connectivity index (χ4n) is 1.60. The molecule has 0 amide bonds. The fourth-order valence-corrected chi connectivity index (χ4v) is 2.90. The van der Waals surface area contributed by atoms with Crippen LogP contribution >= 0.6 is 11.6 Å². The second-order valence-electron chi connectivity index (χ2n) is 5.45. The molecule has 1 aromatic rings. The fraction of sp³-hybridized carbons (Fsp3) is 0.500. The van der Waals surface area contributed by atoms with E-state index in [0.717, 1.165) is 6.07 Å². The second kappa shape index (κ2) is 4.98. The average Bonchev–Trinajstić information content (AvgIpc) is 2.16. The molecule has 0 unspecified atom stereocenters. The number of hydrogen-bond acceptors (Lipinski definition) is 2. The molecule has 0 fully saturated rings. The van der Waals surface area contributed by atoms with Crippen LogP contribution in [-0.4, -0.2) is 13.9 Å². The van der Waals surface area contributed by atoms with Crippen LogP contribution in [0.3, 0.4) is 0 Å². The van der Waals surface area contributed by atoms with Crippen molar-refractivity contribution in [3.63, 3.8) is 0 Å². The summed E-state index contributed by atoms with van der Waals surface area (Å²) < 4.78 is 60.3. The molecular weight excluding hydrogens is 301 g/mol. The highest BCUT2D eigenvalue weighted by Crippen LogP contribution is 2.35. The van der Waals surface area contributed by atoms with Crippen molar-refractivity contribution >= 4 is 21.4 Å². The first-order valence-electron chi connectivity index (χ1n) is 5.44. The van der Waals surface area contributed by atoms with Crippen molar-refractivity contribution in [2.24, 2.45) is 5.41 Å². The van der Waals surface area contributed by atoms with Crippen LogP contribution in [0.5, 0.6) is 0 Å². The Balaban J connectivity index is 3.34. The van der Waals surface area contributed by atoms with Crippen molar-refractivity contribution in [3.05, 3.63) is 28.8 Å². The average molecular weight is 315 g/mol. The van der Waals surface area contributed by atoms with Crippen molar-refractivity contribution in [2.45, 2.75) is 37.6 Å². The molecule has 0 aliphatic heterocycles. The molecule has 0 aromatic heterocycles. The quantitative estimate of drug-likeness (QED) is 0.819. The van der Waals surface area contributed by atoms with E-state index in [4.69, 9.17) is 11.6 Å². The van der Waals surface area contributed by atoms with Crippen LogP contribution in [-0.2, 0) is 16.3 Å². The zero-order chi connectivity index (χ0) is 15.1. The van der Waals surface area contributed by atoms with Crippen LogP contribution in [0.1, 0.15) is 26.3 Å². The van der Waals surface area contributed by atoms with Crippen molar-refractivity contribution < 1.29 is 21.6 Å². The Kier molecular flexibility index (Phi) is 4.27. The van der Waals surface area contributed by atoms with E-state index in [2.05, 4.69) is 0 Å². The number of hydrogen-bond donors (Lipinski definition) is 0. The Labute approximate surface area is 115 Å². The van der Waals surface area contributed by atoms with Gasteiger partial charge in [0.2, 0.25) is 0 Å². The Morgan fingerprint density at radius 2 is 1.68 bits per heavy atom. The van der Waals surface area contributed by atoms with E-state index in [9.17, 15) is 21.6 Å². The molecule has 19 heavy (non-hydrogen) atoms. The summed E-state index contributed by atoms with van der Waals surface area (Å²) in [4.78, 5) is -0.886. The summed E-state index contributed by atoms with van der Waals surface area (Å²) in [5.74, 6) is 0. The smallest absolute Gasteiger partial charge is 0.214 e. The zero-order valence-electron chi connectivity index (χ0n) is 10.7. The van der Waals surface area contributed by atoms with Crippen LogP contribution < -0.4 is 0 Å². The zero-order valence-corrected chi connectivity index (χ0v) is 12.2. The molecule has 0 aliphatic carbocycles. The predicted molar refractivity (Wildman–Crippen MR) is 67.9 cm³/mol. The highest BCUT2D eigenvalue weighted by atomic mass is 35.5. The minimum atomic E-state index is -5.42. The molecule has 0 heterocycles. The third-order valence-corrected chi connectivity index (χ3v) is 4.29. The maximum Gasteiger partial charge on any atom is 0.501 e. The van der Waals surface area contributed by atoms with E-state index in [1.807, 2.05) is 20.8 Å². The van der Waals surface area contributed by atoms with E-state index >= 15 is 0 Å². The van der Waals surface area contributed by atoms with Gasteiger partial charge in [-0.3, -0.25) is 0 Å². The van der Waals surface area contributed by atoms with Gasteiger partial charge in [0, 0.05) is 0 Å². The molecule has 2 nitrogen and oxygen atoms in total. The van der Waals surface area contributed by atoms with Crippen LogP contribution in [0.15, 0.2) is 23.1 Å². The van der Waals surface area contributed by atoms with Crippen LogP contribution in [0, 0.1) is 5.41 Å². The van der Waals surface area contributed by atoms with Gasteiger partial charge in [0.25, 0.3) is 9.84 Å². The lowest BCUT2D eigenvalue weighted by molar-refractivity contribution is -0.0436. The maximum atomic E-state index is 12.5. The minimum absolute atomic E-state index is 0.174. The predicted octanol–water partition coefficient (Wildman–Crippen LogP) is 4.22. The van der Waals surface area contributed by atoms with Gasteiger partial charge in [-0.1, -0.05) is 38.4 Å². The molecule has 0 atom stereocenters. The van der Waals surface area contributed by atoms with Gasteiger partial charge in [-0.25, -0.2) is 8.42 Å². The van der Waals surface area contributed by atoms with Crippen molar-refractivity contribution in [2.75, 3.05) is 0 Å². The highest BCUT2D eigenvalue weighted by molar-refractivity contribution is 7.92. The highest BCUT2D eigenvalue weighted by Gasteiger charge is 2.47. The molecule has 0 aliphatic rings. The Morgan fingerprint density at radius 3 is 2.11 bits per heavy atom. The standard InChI is InChI=1S/C12H14ClF3O2S/c1-11(2,3)7-8-4-5-9(13)10(6-8)19(17,18)12(14,15)16/h4-6H,7H2,1-3H3. The first kappa shape index (κ1) is 16.3. The van der Waals surface area contributed by atoms with Crippen molar-refractivity contribution in [3.8, 4) is 0 Å². The molecule has 0 radical (unpaired) electrons. The SMILES string of the molecule is CC(C)(C)Cc1ccc(Cl)c(S(=O)(=O)C(F)(F)F)c1. The van der Waals surface area contributed by atoms with Gasteiger partial charge in [0.1, 0.15) is 0 Å². The summed E-state index contributed by atoms with van der Waals surface area (Å²) in [5, 5.41) is -0.421. The molecule has 1 rings (SSSR count). The van der Waals surface area contributed by atoms with E-state index in [1.165, 1.54) is 12.1 Å². The number of halogens is 4. The van der Waals surface area contributed by atoms with Gasteiger partial charge in [-0.15, -0.1) is 0 Å². The number of rotatable bonds is 2. The lowest BCUT2D eigenvalue weighted by Gasteiger charge is -2.19. The Morgan fingerprint density at radius 1 is 1.16 bits per heavy atom. The van der Waals surface area contributed by atoms with E-state index in [0.29, 0.717) is 12.0 Å². The third-order valence-electron chi connectivity index (χ3n) is 2.32. The Hall–Kier alpha value is -0.750. The van der Waals surface area contributed by atoms with Gasteiger partial charge in [-0.05, 0) is 29.5 Å². The molecule has 0 saturated carbocycles. The van der Waals surface area contributed by atoms with E-state index in [1.54, 1.807) is 0 Å². The number of alkyl halides is 3. The normalized spacial score (nSPS) is 13.6. The van der Waals surface area contributed by atoms with Crippen molar-refractivity contribution in [1.29, 1.82) is 0 Å². The van der Waals surface area contributed by atoms with Crippen molar-refractivity contribution in [1.82, 2.24) is 0 Å². The summed E-state index contributed by atoms with van der Waals surface area (Å²) in [6, 6.07) is 3.71. The van der Waals surface area contributed by atoms with Gasteiger partial charge < -0.3 is 0 Å². The van der Waals surface area contributed by atoms with Gasteiger partial charge in [-0.2, -0.15) is 13.2 Å². The van der Waals surface area contributed by atoms with Crippen LogP contribution in [0.2, 0.25) is 5.02 Å². The lowest BCUT2D eigenvalue weighted by atomic mass is 9.88. The van der Waals surface area contributed by atoms with Crippen LogP contribution in [0.4, 0.5) is 13.2 Å². The molecule has 0 N–H and O–H groups in total. The molecule has 0 saturated heterocycles.